The number of hydrogen-bond donors (Lipinski definition) is 0. The van der Waals surface area contributed by atoms with Gasteiger partial charge in [0.15, 0.2) is 5.16 Å². The van der Waals surface area contributed by atoms with E-state index in [9.17, 15) is 9.59 Å². The molecule has 0 saturated carbocycles. The quantitative estimate of drug-likeness (QED) is 0.483. The summed E-state index contributed by atoms with van der Waals surface area (Å²) in [5.41, 5.74) is 0.509. The highest BCUT2D eigenvalue weighted by Gasteiger charge is 2.20. The van der Waals surface area contributed by atoms with Gasteiger partial charge in [0.1, 0.15) is 5.76 Å². The molecule has 8 heteroatoms. The van der Waals surface area contributed by atoms with E-state index in [0.717, 1.165) is 26.2 Å². The minimum Gasteiger partial charge on any atom is -0.467 e. The first-order valence-electron chi connectivity index (χ1n) is 9.23. The van der Waals surface area contributed by atoms with Crippen LogP contribution in [0, 0.1) is 0 Å². The molecular formula is C20H22N4O3S. The van der Waals surface area contributed by atoms with E-state index in [2.05, 4.69) is 16.9 Å². The lowest BCUT2D eigenvalue weighted by Crippen LogP contribution is -2.47. The molecule has 0 atom stereocenters. The highest BCUT2D eigenvalue weighted by molar-refractivity contribution is 7.99. The summed E-state index contributed by atoms with van der Waals surface area (Å²) < 4.78 is 7.00. The predicted molar refractivity (Wildman–Crippen MR) is 109 cm³/mol. The third-order valence-electron chi connectivity index (χ3n) is 4.90. The van der Waals surface area contributed by atoms with E-state index >= 15 is 0 Å². The fourth-order valence-electron chi connectivity index (χ4n) is 3.23. The van der Waals surface area contributed by atoms with Crippen molar-refractivity contribution in [3.05, 3.63) is 58.8 Å². The van der Waals surface area contributed by atoms with E-state index in [4.69, 9.17) is 4.42 Å². The third-order valence-corrected chi connectivity index (χ3v) is 5.86. The molecule has 1 aliphatic heterocycles. The van der Waals surface area contributed by atoms with Crippen LogP contribution in [0.3, 0.4) is 0 Å². The molecule has 0 bridgehead atoms. The molecule has 0 unspecified atom stereocenters. The summed E-state index contributed by atoms with van der Waals surface area (Å²) in [5, 5.41) is 1.09. The smallest absolute Gasteiger partial charge is 0.262 e. The topological polar surface area (TPSA) is 71.6 Å². The van der Waals surface area contributed by atoms with E-state index in [1.165, 1.54) is 11.8 Å². The molecule has 1 amide bonds. The SMILES string of the molecule is CN1CCN(C(=O)CSc2nc3ccccc3c(=O)n2Cc2ccco2)CC1. The molecule has 0 radical (unpaired) electrons. The number of amides is 1. The first-order valence-corrected chi connectivity index (χ1v) is 10.2. The fourth-order valence-corrected chi connectivity index (χ4v) is 4.13. The second-order valence-electron chi connectivity index (χ2n) is 6.85. The van der Waals surface area contributed by atoms with Crippen LogP contribution in [-0.2, 0) is 11.3 Å². The zero-order valence-corrected chi connectivity index (χ0v) is 16.5. The number of nitrogens with zero attached hydrogens (tertiary/aromatic N) is 4. The van der Waals surface area contributed by atoms with Gasteiger partial charge < -0.3 is 14.2 Å². The Morgan fingerprint density at radius 2 is 1.93 bits per heavy atom. The van der Waals surface area contributed by atoms with Gasteiger partial charge in [-0.05, 0) is 31.3 Å². The summed E-state index contributed by atoms with van der Waals surface area (Å²) in [6.07, 6.45) is 1.58. The van der Waals surface area contributed by atoms with Gasteiger partial charge in [-0.2, -0.15) is 0 Å². The maximum Gasteiger partial charge on any atom is 0.262 e. The molecular weight excluding hydrogens is 376 g/mol. The summed E-state index contributed by atoms with van der Waals surface area (Å²) in [7, 11) is 2.06. The van der Waals surface area contributed by atoms with Crippen molar-refractivity contribution < 1.29 is 9.21 Å². The van der Waals surface area contributed by atoms with E-state index in [0.29, 0.717) is 21.8 Å². The normalized spacial score (nSPS) is 15.2. The number of furan rings is 1. The van der Waals surface area contributed by atoms with Crippen LogP contribution in [0.2, 0.25) is 0 Å². The Hall–Kier alpha value is -2.58. The lowest BCUT2D eigenvalue weighted by molar-refractivity contribution is -0.129. The van der Waals surface area contributed by atoms with Crippen molar-refractivity contribution in [1.82, 2.24) is 19.4 Å². The lowest BCUT2D eigenvalue weighted by Gasteiger charge is -2.32. The van der Waals surface area contributed by atoms with Gasteiger partial charge in [0.25, 0.3) is 5.56 Å². The van der Waals surface area contributed by atoms with Crippen LogP contribution in [0.4, 0.5) is 0 Å². The highest BCUT2D eigenvalue weighted by atomic mass is 32.2. The number of carbonyl (C=O) groups excluding carboxylic acids is 1. The summed E-state index contributed by atoms with van der Waals surface area (Å²) in [5.74, 6) is 1.00. The number of rotatable bonds is 5. The maximum atomic E-state index is 13.0. The molecule has 4 rings (SSSR count). The van der Waals surface area contributed by atoms with E-state index < -0.39 is 0 Å². The molecule has 3 heterocycles. The van der Waals surface area contributed by atoms with Crippen LogP contribution < -0.4 is 5.56 Å². The summed E-state index contributed by atoms with van der Waals surface area (Å²) in [6, 6.07) is 10.9. The summed E-state index contributed by atoms with van der Waals surface area (Å²) in [6.45, 7) is 3.52. The van der Waals surface area contributed by atoms with E-state index in [-0.39, 0.29) is 23.8 Å². The van der Waals surface area contributed by atoms with Crippen LogP contribution in [0.15, 0.2) is 57.0 Å². The van der Waals surface area contributed by atoms with E-state index in [1.807, 2.05) is 29.2 Å². The number of carbonyl (C=O) groups is 1. The number of aromatic nitrogens is 2. The van der Waals surface area contributed by atoms with Gasteiger partial charge in [0.2, 0.25) is 5.91 Å². The monoisotopic (exact) mass is 398 g/mol. The molecule has 1 aromatic carbocycles. The Kier molecular flexibility index (Phi) is 5.50. The van der Waals surface area contributed by atoms with Crippen LogP contribution in [0.1, 0.15) is 5.76 Å². The average Bonchev–Trinajstić information content (AvgIpc) is 3.22. The van der Waals surface area contributed by atoms with Gasteiger partial charge in [0, 0.05) is 26.2 Å². The van der Waals surface area contributed by atoms with Crippen molar-refractivity contribution in [2.45, 2.75) is 11.7 Å². The molecule has 0 aliphatic carbocycles. The average molecular weight is 398 g/mol. The molecule has 1 aliphatic rings. The van der Waals surface area contributed by atoms with Crippen LogP contribution >= 0.6 is 11.8 Å². The van der Waals surface area contributed by atoms with Crippen LogP contribution in [0.5, 0.6) is 0 Å². The molecule has 28 heavy (non-hydrogen) atoms. The van der Waals surface area contributed by atoms with Crippen molar-refractivity contribution in [3.8, 4) is 0 Å². The van der Waals surface area contributed by atoms with Gasteiger partial charge in [0.05, 0.1) is 29.5 Å². The first kappa shape index (κ1) is 18.8. The van der Waals surface area contributed by atoms with Gasteiger partial charge in [-0.1, -0.05) is 23.9 Å². The Balaban J connectivity index is 1.59. The molecule has 1 fully saturated rings. The maximum absolute atomic E-state index is 13.0. The van der Waals surface area contributed by atoms with Gasteiger partial charge in [-0.25, -0.2) is 4.98 Å². The number of thioether (sulfide) groups is 1. The Morgan fingerprint density at radius 3 is 2.68 bits per heavy atom. The standard InChI is InChI=1S/C20H22N4O3S/c1-22-8-10-23(11-9-22)18(25)14-28-20-21-17-7-3-2-6-16(17)19(26)24(20)13-15-5-4-12-27-15/h2-7,12H,8-11,13-14H2,1H3. The zero-order chi connectivity index (χ0) is 19.5. The van der Waals surface area contributed by atoms with Gasteiger partial charge >= 0.3 is 0 Å². The predicted octanol–water partition coefficient (Wildman–Crippen LogP) is 1.90. The summed E-state index contributed by atoms with van der Waals surface area (Å²) >= 11 is 1.31. The van der Waals surface area contributed by atoms with Gasteiger partial charge in [-0.3, -0.25) is 14.2 Å². The minimum atomic E-state index is -0.128. The molecule has 0 N–H and O–H groups in total. The number of piperazine rings is 1. The van der Waals surface area contributed by atoms with Crippen molar-refractivity contribution >= 4 is 28.6 Å². The molecule has 146 valence electrons. The Morgan fingerprint density at radius 1 is 1.14 bits per heavy atom. The Bertz CT molecular complexity index is 1020. The second kappa shape index (κ2) is 8.20. The second-order valence-corrected chi connectivity index (χ2v) is 7.80. The van der Waals surface area contributed by atoms with Crippen molar-refractivity contribution in [1.29, 1.82) is 0 Å². The number of likely N-dealkylation sites (N-methyl/N-ethyl adjacent to an activating group) is 1. The van der Waals surface area contributed by atoms with Crippen molar-refractivity contribution in [3.63, 3.8) is 0 Å². The third kappa shape index (κ3) is 3.98. The van der Waals surface area contributed by atoms with Crippen LogP contribution in [-0.4, -0.2) is 64.2 Å². The molecule has 2 aromatic heterocycles. The molecule has 1 saturated heterocycles. The summed E-state index contributed by atoms with van der Waals surface area (Å²) in [4.78, 5) is 34.4. The largest absolute Gasteiger partial charge is 0.467 e. The van der Waals surface area contributed by atoms with Gasteiger partial charge in [-0.15, -0.1) is 0 Å². The molecule has 7 nitrogen and oxygen atoms in total. The van der Waals surface area contributed by atoms with Crippen molar-refractivity contribution in [2.75, 3.05) is 39.0 Å². The number of para-hydroxylation sites is 1. The molecule has 0 spiro atoms. The fraction of sp³-hybridized carbons (Fsp3) is 0.350. The minimum absolute atomic E-state index is 0.0741. The first-order chi connectivity index (χ1) is 13.6. The lowest BCUT2D eigenvalue weighted by atomic mass is 10.2. The van der Waals surface area contributed by atoms with Crippen LogP contribution in [0.25, 0.3) is 10.9 Å². The number of fused-ring (bicyclic) bond motifs is 1. The number of benzene rings is 1. The molecule has 3 aromatic rings. The zero-order valence-electron chi connectivity index (χ0n) is 15.7. The van der Waals surface area contributed by atoms with E-state index in [1.54, 1.807) is 23.0 Å². The highest BCUT2D eigenvalue weighted by Crippen LogP contribution is 2.20. The number of hydrogen-bond acceptors (Lipinski definition) is 6. The Labute approximate surface area is 166 Å². The van der Waals surface area contributed by atoms with Crippen molar-refractivity contribution in [2.24, 2.45) is 0 Å².